The molecule has 1 aliphatic carbocycles. The van der Waals surface area contributed by atoms with Crippen molar-refractivity contribution in [2.45, 2.75) is 54.9 Å². The molecule has 4 unspecified atom stereocenters. The van der Waals surface area contributed by atoms with Gasteiger partial charge in [-0.25, -0.2) is 9.97 Å². The molecule has 0 radical (unpaired) electrons. The topological polar surface area (TPSA) is 37.8 Å². The molecule has 1 saturated heterocycles. The number of thioether (sulfide) groups is 2. The highest BCUT2D eigenvalue weighted by Gasteiger charge is 2.29. The molecule has 1 N–H and O–H groups in total. The molecule has 3 nitrogen and oxygen atoms in total. The van der Waals surface area contributed by atoms with E-state index in [1.807, 2.05) is 18.8 Å². The van der Waals surface area contributed by atoms with Crippen LogP contribution in [0.25, 0.3) is 0 Å². The number of aromatic nitrogens is 2. The van der Waals surface area contributed by atoms with Crippen LogP contribution >= 0.6 is 23.5 Å². The second kappa shape index (κ2) is 6.24. The zero-order valence-corrected chi connectivity index (χ0v) is 14.1. The molecule has 3 rings (SSSR count). The Morgan fingerprint density at radius 1 is 1.30 bits per heavy atom. The third-order valence-corrected chi connectivity index (χ3v) is 7.77. The smallest absolute Gasteiger partial charge is 0.142 e. The van der Waals surface area contributed by atoms with Crippen molar-refractivity contribution in [3.8, 4) is 0 Å². The van der Waals surface area contributed by atoms with Crippen LogP contribution in [0.2, 0.25) is 0 Å². The van der Waals surface area contributed by atoms with Crippen molar-refractivity contribution in [2.24, 2.45) is 0 Å². The maximum absolute atomic E-state index is 4.91. The Bertz CT molecular complexity index is 480. The van der Waals surface area contributed by atoms with E-state index in [-0.39, 0.29) is 0 Å². The first-order valence-electron chi connectivity index (χ1n) is 7.49. The summed E-state index contributed by atoms with van der Waals surface area (Å²) in [5, 5.41) is 5.27. The van der Waals surface area contributed by atoms with Crippen molar-refractivity contribution in [3.05, 3.63) is 23.3 Å². The number of rotatable bonds is 2. The molecule has 1 fully saturated rings. The van der Waals surface area contributed by atoms with Crippen molar-refractivity contribution >= 4 is 23.5 Å². The Labute approximate surface area is 130 Å². The summed E-state index contributed by atoms with van der Waals surface area (Å²) in [6.07, 6.45) is 5.62. The molecule has 1 aliphatic heterocycles. The molecular weight excluding hydrogens is 286 g/mol. The normalized spacial score (nSPS) is 33.8. The van der Waals surface area contributed by atoms with Gasteiger partial charge < -0.3 is 5.32 Å². The van der Waals surface area contributed by atoms with Crippen molar-refractivity contribution in [1.82, 2.24) is 15.3 Å². The van der Waals surface area contributed by atoms with Crippen LogP contribution in [0.5, 0.6) is 0 Å². The Morgan fingerprint density at radius 2 is 2.15 bits per heavy atom. The molecule has 2 heterocycles. The van der Waals surface area contributed by atoms with Gasteiger partial charge in [0, 0.05) is 39.7 Å². The predicted octanol–water partition coefficient (Wildman–Crippen LogP) is 3.37. The Kier molecular flexibility index (Phi) is 4.58. The molecule has 0 amide bonds. The molecule has 2 aliphatic rings. The van der Waals surface area contributed by atoms with E-state index in [4.69, 9.17) is 4.98 Å². The number of hydrogen-bond acceptors (Lipinski definition) is 5. The standard InChI is InChI=1S/C15H23N3S2/c1-9-10(2)20-14(8-19-9)15-17-7-11-12(16-3)5-4-6-13(11)18-15/h7,9-10,12,14,16H,4-6,8H2,1-3H3. The highest BCUT2D eigenvalue weighted by Crippen LogP contribution is 2.43. The van der Waals surface area contributed by atoms with Gasteiger partial charge in [-0.15, -0.1) is 11.8 Å². The summed E-state index contributed by atoms with van der Waals surface area (Å²) < 4.78 is 0. The lowest BCUT2D eigenvalue weighted by Gasteiger charge is -2.31. The first-order valence-corrected chi connectivity index (χ1v) is 9.48. The van der Waals surface area contributed by atoms with Crippen LogP contribution in [0.15, 0.2) is 6.20 Å². The van der Waals surface area contributed by atoms with E-state index >= 15 is 0 Å². The van der Waals surface area contributed by atoms with Gasteiger partial charge in [0.2, 0.25) is 0 Å². The fraction of sp³-hybridized carbons (Fsp3) is 0.733. The summed E-state index contributed by atoms with van der Waals surface area (Å²) in [5.41, 5.74) is 2.59. The van der Waals surface area contributed by atoms with Gasteiger partial charge in [0.05, 0.1) is 5.25 Å². The fourth-order valence-electron chi connectivity index (χ4n) is 2.94. The minimum Gasteiger partial charge on any atom is -0.313 e. The van der Waals surface area contributed by atoms with Crippen molar-refractivity contribution in [2.75, 3.05) is 12.8 Å². The summed E-state index contributed by atoms with van der Waals surface area (Å²) in [7, 11) is 2.03. The van der Waals surface area contributed by atoms with Gasteiger partial charge in [-0.05, 0) is 26.3 Å². The molecule has 4 atom stereocenters. The third kappa shape index (κ3) is 2.85. The predicted molar refractivity (Wildman–Crippen MR) is 88.5 cm³/mol. The molecule has 1 aromatic heterocycles. The Hall–Kier alpha value is -0.260. The van der Waals surface area contributed by atoms with Gasteiger partial charge in [-0.1, -0.05) is 13.8 Å². The molecular formula is C15H23N3S2. The van der Waals surface area contributed by atoms with Crippen LogP contribution in [0.1, 0.15) is 55.1 Å². The fourth-order valence-corrected chi connectivity index (χ4v) is 5.79. The lowest BCUT2D eigenvalue weighted by molar-refractivity contribution is 0.485. The first kappa shape index (κ1) is 14.7. The van der Waals surface area contributed by atoms with Crippen LogP contribution in [0.4, 0.5) is 0 Å². The lowest BCUT2D eigenvalue weighted by Crippen LogP contribution is -2.25. The van der Waals surface area contributed by atoms with E-state index in [2.05, 4.69) is 42.1 Å². The quantitative estimate of drug-likeness (QED) is 0.906. The van der Waals surface area contributed by atoms with Crippen LogP contribution < -0.4 is 5.32 Å². The number of fused-ring (bicyclic) bond motifs is 1. The van der Waals surface area contributed by atoms with Crippen molar-refractivity contribution in [1.29, 1.82) is 0 Å². The molecule has 110 valence electrons. The van der Waals surface area contributed by atoms with Gasteiger partial charge in [0.25, 0.3) is 0 Å². The van der Waals surface area contributed by atoms with E-state index in [0.29, 0.717) is 16.5 Å². The van der Waals surface area contributed by atoms with Gasteiger partial charge in [0.15, 0.2) is 0 Å². The van der Waals surface area contributed by atoms with Crippen molar-refractivity contribution < 1.29 is 0 Å². The van der Waals surface area contributed by atoms with Crippen LogP contribution in [0, 0.1) is 0 Å². The lowest BCUT2D eigenvalue weighted by atomic mass is 9.92. The summed E-state index contributed by atoms with van der Waals surface area (Å²) in [5.74, 6) is 2.20. The van der Waals surface area contributed by atoms with Gasteiger partial charge in [-0.2, -0.15) is 11.8 Å². The third-order valence-electron chi connectivity index (χ3n) is 4.39. The largest absolute Gasteiger partial charge is 0.313 e. The monoisotopic (exact) mass is 309 g/mol. The zero-order chi connectivity index (χ0) is 14.1. The highest BCUT2D eigenvalue weighted by atomic mass is 32.2. The maximum atomic E-state index is 4.91. The number of hydrogen-bond donors (Lipinski definition) is 1. The highest BCUT2D eigenvalue weighted by molar-refractivity contribution is 8.07. The minimum atomic E-state index is 0.445. The number of nitrogens with one attached hydrogen (secondary N) is 1. The van der Waals surface area contributed by atoms with Crippen LogP contribution in [-0.4, -0.2) is 33.3 Å². The Balaban J connectivity index is 1.82. The summed E-state index contributed by atoms with van der Waals surface area (Å²) >= 11 is 4.10. The number of nitrogens with zero attached hydrogens (tertiary/aromatic N) is 2. The molecule has 0 saturated carbocycles. The summed E-state index contributed by atoms with van der Waals surface area (Å²) in [4.78, 5) is 9.60. The molecule has 0 spiro atoms. The minimum absolute atomic E-state index is 0.445. The van der Waals surface area contributed by atoms with E-state index in [9.17, 15) is 0 Å². The zero-order valence-electron chi connectivity index (χ0n) is 12.4. The van der Waals surface area contributed by atoms with Crippen LogP contribution in [0.3, 0.4) is 0 Å². The average Bonchev–Trinajstić information content (AvgIpc) is 2.48. The summed E-state index contributed by atoms with van der Waals surface area (Å²) in [6.45, 7) is 4.65. The summed E-state index contributed by atoms with van der Waals surface area (Å²) in [6, 6.07) is 0.445. The van der Waals surface area contributed by atoms with E-state index < -0.39 is 0 Å². The molecule has 5 heteroatoms. The van der Waals surface area contributed by atoms with Gasteiger partial charge in [0.1, 0.15) is 5.82 Å². The van der Waals surface area contributed by atoms with Gasteiger partial charge in [-0.3, -0.25) is 0 Å². The first-order chi connectivity index (χ1) is 9.69. The van der Waals surface area contributed by atoms with Gasteiger partial charge >= 0.3 is 0 Å². The van der Waals surface area contributed by atoms with E-state index in [0.717, 1.165) is 23.2 Å². The van der Waals surface area contributed by atoms with E-state index in [1.54, 1.807) is 0 Å². The average molecular weight is 310 g/mol. The van der Waals surface area contributed by atoms with E-state index in [1.165, 1.54) is 24.1 Å². The second-order valence-electron chi connectivity index (χ2n) is 5.73. The molecule has 1 aromatic rings. The molecule has 0 aromatic carbocycles. The van der Waals surface area contributed by atoms with Crippen molar-refractivity contribution in [3.63, 3.8) is 0 Å². The number of aryl methyl sites for hydroxylation is 1. The Morgan fingerprint density at radius 3 is 2.90 bits per heavy atom. The maximum Gasteiger partial charge on any atom is 0.142 e. The molecule has 20 heavy (non-hydrogen) atoms. The molecule has 0 bridgehead atoms. The second-order valence-corrected chi connectivity index (χ2v) is 8.73. The van der Waals surface area contributed by atoms with Crippen LogP contribution in [-0.2, 0) is 6.42 Å². The SMILES string of the molecule is CNC1CCCc2nc(C3CSC(C)C(C)S3)ncc21.